The van der Waals surface area contributed by atoms with Crippen molar-refractivity contribution >= 4 is 34.4 Å². The van der Waals surface area contributed by atoms with Crippen molar-refractivity contribution in [1.82, 2.24) is 19.3 Å². The molecular weight excluding hydrogens is 374 g/mol. The topological polar surface area (TPSA) is 64.7 Å². The van der Waals surface area contributed by atoms with Gasteiger partial charge >= 0.3 is 0 Å². The molecule has 2 aromatic heterocycles. The molecule has 6 nitrogen and oxygen atoms in total. The van der Waals surface area contributed by atoms with E-state index in [1.807, 2.05) is 66.9 Å². The monoisotopic (exact) mass is 393 g/mol. The number of imidazole rings is 1. The summed E-state index contributed by atoms with van der Waals surface area (Å²) >= 11 is 6.10. The van der Waals surface area contributed by atoms with Crippen LogP contribution in [0.4, 0.5) is 5.82 Å². The Morgan fingerprint density at radius 3 is 2.75 bits per heavy atom. The predicted molar refractivity (Wildman–Crippen MR) is 111 cm³/mol. The second-order valence-corrected chi connectivity index (χ2v) is 7.00. The van der Waals surface area contributed by atoms with E-state index in [0.717, 1.165) is 34.7 Å². The third kappa shape index (κ3) is 3.51. The Labute approximate surface area is 167 Å². The number of aryl methyl sites for hydroxylation is 2. The summed E-state index contributed by atoms with van der Waals surface area (Å²) in [6.45, 7) is 4.10. The van der Waals surface area contributed by atoms with Gasteiger partial charge in [-0.05, 0) is 37.3 Å². The van der Waals surface area contributed by atoms with Crippen molar-refractivity contribution < 1.29 is 4.79 Å². The molecule has 0 aliphatic rings. The molecule has 1 N–H and O–H groups in total. The van der Waals surface area contributed by atoms with Gasteiger partial charge in [-0.2, -0.15) is 5.10 Å². The van der Waals surface area contributed by atoms with Gasteiger partial charge in [0.05, 0.1) is 22.4 Å². The molecule has 4 rings (SSSR count). The second-order valence-electron chi connectivity index (χ2n) is 6.57. The first-order valence-corrected chi connectivity index (χ1v) is 9.49. The van der Waals surface area contributed by atoms with E-state index in [0.29, 0.717) is 10.8 Å². The van der Waals surface area contributed by atoms with Gasteiger partial charge in [-0.3, -0.25) is 4.79 Å². The maximum absolute atomic E-state index is 12.8. The van der Waals surface area contributed by atoms with Crippen molar-refractivity contribution in [1.29, 1.82) is 0 Å². The number of carbonyl (C=O) groups is 1. The number of hydrogen-bond donors (Lipinski definition) is 1. The molecule has 28 heavy (non-hydrogen) atoms. The Bertz CT molecular complexity index is 1160. The van der Waals surface area contributed by atoms with Crippen LogP contribution in [0.15, 0.2) is 54.6 Å². The lowest BCUT2D eigenvalue weighted by molar-refractivity contribution is -0.116. The van der Waals surface area contributed by atoms with Gasteiger partial charge in [-0.15, -0.1) is 0 Å². The van der Waals surface area contributed by atoms with Crippen LogP contribution in [-0.2, 0) is 17.8 Å². The zero-order chi connectivity index (χ0) is 19.7. The Morgan fingerprint density at radius 1 is 1.14 bits per heavy atom. The number of rotatable bonds is 5. The number of aromatic nitrogens is 4. The van der Waals surface area contributed by atoms with Crippen LogP contribution in [-0.4, -0.2) is 25.2 Å². The van der Waals surface area contributed by atoms with Gasteiger partial charge in [-0.25, -0.2) is 9.67 Å². The van der Waals surface area contributed by atoms with Gasteiger partial charge in [-0.1, -0.05) is 36.7 Å². The summed E-state index contributed by atoms with van der Waals surface area (Å²) in [5, 5.41) is 8.06. The molecule has 142 valence electrons. The van der Waals surface area contributed by atoms with E-state index < -0.39 is 0 Å². The maximum Gasteiger partial charge on any atom is 0.245 e. The Balaban J connectivity index is 1.62. The van der Waals surface area contributed by atoms with Crippen molar-refractivity contribution in [2.75, 3.05) is 5.32 Å². The van der Waals surface area contributed by atoms with Crippen LogP contribution in [0.5, 0.6) is 0 Å². The summed E-state index contributed by atoms with van der Waals surface area (Å²) in [4.78, 5) is 17.4. The largest absolute Gasteiger partial charge is 0.318 e. The van der Waals surface area contributed by atoms with E-state index in [1.54, 1.807) is 10.7 Å². The van der Waals surface area contributed by atoms with Gasteiger partial charge in [0.25, 0.3) is 0 Å². The van der Waals surface area contributed by atoms with Gasteiger partial charge in [0.1, 0.15) is 18.2 Å². The zero-order valence-electron chi connectivity index (χ0n) is 15.7. The van der Waals surface area contributed by atoms with E-state index in [-0.39, 0.29) is 12.5 Å². The Hall–Kier alpha value is -3.12. The van der Waals surface area contributed by atoms with Crippen LogP contribution in [0, 0.1) is 6.92 Å². The summed E-state index contributed by atoms with van der Waals surface area (Å²) in [7, 11) is 0. The van der Waals surface area contributed by atoms with Gasteiger partial charge < -0.3 is 9.88 Å². The predicted octanol–water partition coefficient (Wildman–Crippen LogP) is 4.38. The first-order chi connectivity index (χ1) is 13.5. The van der Waals surface area contributed by atoms with Gasteiger partial charge in [0, 0.05) is 17.5 Å². The fourth-order valence-electron chi connectivity index (χ4n) is 3.29. The first-order valence-electron chi connectivity index (χ1n) is 9.11. The molecule has 0 saturated heterocycles. The third-order valence-corrected chi connectivity index (χ3v) is 4.74. The molecular formula is C21H20ClN5O. The molecule has 0 spiro atoms. The quantitative estimate of drug-likeness (QED) is 0.547. The van der Waals surface area contributed by atoms with Crippen LogP contribution in [0.1, 0.15) is 18.4 Å². The molecule has 0 bridgehead atoms. The molecule has 0 atom stereocenters. The van der Waals surface area contributed by atoms with E-state index in [2.05, 4.69) is 15.4 Å². The SMILES string of the molecule is CCc1nc2ccccc2n1CC(=O)Nc1cc(C)nn1-c1cccc(Cl)c1. The molecule has 0 saturated carbocycles. The molecule has 2 heterocycles. The van der Waals surface area contributed by atoms with Crippen LogP contribution < -0.4 is 5.32 Å². The molecule has 1 amide bonds. The molecule has 0 aliphatic carbocycles. The molecule has 0 unspecified atom stereocenters. The van der Waals surface area contributed by atoms with Crippen molar-refractivity contribution in [3.05, 3.63) is 71.1 Å². The standard InChI is InChI=1S/C21H20ClN5O/c1-3-19-23-17-9-4-5-10-18(17)26(19)13-21(28)24-20-11-14(2)25-27(20)16-8-6-7-15(22)12-16/h4-12H,3,13H2,1-2H3,(H,24,28). The molecule has 0 aliphatic heterocycles. The highest BCUT2D eigenvalue weighted by Crippen LogP contribution is 2.21. The van der Waals surface area contributed by atoms with Crippen LogP contribution in [0.3, 0.4) is 0 Å². The fraction of sp³-hybridized carbons (Fsp3) is 0.190. The first kappa shape index (κ1) is 18.3. The number of nitrogens with zero attached hydrogens (tertiary/aromatic N) is 4. The number of nitrogens with one attached hydrogen (secondary N) is 1. The van der Waals surface area contributed by atoms with Gasteiger partial charge in [0.2, 0.25) is 5.91 Å². The normalized spacial score (nSPS) is 11.1. The van der Waals surface area contributed by atoms with Gasteiger partial charge in [0.15, 0.2) is 0 Å². The number of amides is 1. The molecule has 4 aromatic rings. The number of carbonyl (C=O) groups excluding carboxylic acids is 1. The maximum atomic E-state index is 12.8. The third-order valence-electron chi connectivity index (χ3n) is 4.50. The van der Waals surface area contributed by atoms with Crippen LogP contribution in [0.25, 0.3) is 16.7 Å². The average Bonchev–Trinajstić information content (AvgIpc) is 3.22. The van der Waals surface area contributed by atoms with E-state index >= 15 is 0 Å². The lowest BCUT2D eigenvalue weighted by Crippen LogP contribution is -2.21. The smallest absolute Gasteiger partial charge is 0.245 e. The van der Waals surface area contributed by atoms with Crippen molar-refractivity contribution in [3.8, 4) is 5.69 Å². The molecule has 7 heteroatoms. The minimum Gasteiger partial charge on any atom is -0.318 e. The lowest BCUT2D eigenvalue weighted by Gasteiger charge is -2.11. The minimum absolute atomic E-state index is 0.138. The highest BCUT2D eigenvalue weighted by Gasteiger charge is 2.15. The summed E-state index contributed by atoms with van der Waals surface area (Å²) in [6, 6.07) is 17.0. The summed E-state index contributed by atoms with van der Waals surface area (Å²) in [6.07, 6.45) is 0.752. The second kappa shape index (κ2) is 7.48. The molecule has 0 radical (unpaired) electrons. The van der Waals surface area contributed by atoms with Crippen molar-refractivity contribution in [2.24, 2.45) is 0 Å². The van der Waals surface area contributed by atoms with Crippen LogP contribution in [0.2, 0.25) is 5.02 Å². The number of anilines is 1. The van der Waals surface area contributed by atoms with Crippen molar-refractivity contribution in [2.45, 2.75) is 26.8 Å². The summed E-state index contributed by atoms with van der Waals surface area (Å²) < 4.78 is 3.64. The van der Waals surface area contributed by atoms with Crippen molar-refractivity contribution in [3.63, 3.8) is 0 Å². The minimum atomic E-state index is -0.138. The summed E-state index contributed by atoms with van der Waals surface area (Å²) in [5.41, 5.74) is 3.44. The fourth-order valence-corrected chi connectivity index (χ4v) is 3.48. The lowest BCUT2D eigenvalue weighted by atomic mass is 10.3. The zero-order valence-corrected chi connectivity index (χ0v) is 16.4. The average molecular weight is 394 g/mol. The Kier molecular flexibility index (Phi) is 4.88. The Morgan fingerprint density at radius 2 is 1.96 bits per heavy atom. The highest BCUT2D eigenvalue weighted by molar-refractivity contribution is 6.30. The van der Waals surface area contributed by atoms with Crippen LogP contribution >= 0.6 is 11.6 Å². The molecule has 0 fully saturated rings. The molecule has 2 aromatic carbocycles. The number of para-hydroxylation sites is 2. The number of fused-ring (bicyclic) bond motifs is 1. The number of halogens is 1. The number of hydrogen-bond acceptors (Lipinski definition) is 3. The highest BCUT2D eigenvalue weighted by atomic mass is 35.5. The van der Waals surface area contributed by atoms with E-state index in [9.17, 15) is 4.79 Å². The van der Waals surface area contributed by atoms with E-state index in [1.165, 1.54) is 0 Å². The number of benzene rings is 2. The van der Waals surface area contributed by atoms with E-state index in [4.69, 9.17) is 11.6 Å². The summed E-state index contributed by atoms with van der Waals surface area (Å²) in [5.74, 6) is 1.35.